The lowest BCUT2D eigenvalue weighted by Crippen LogP contribution is -2.20. The Morgan fingerprint density at radius 1 is 1.57 bits per heavy atom. The van der Waals surface area contributed by atoms with Crippen molar-refractivity contribution in [3.63, 3.8) is 0 Å². The molecule has 0 aliphatic rings. The molecule has 0 fully saturated rings. The highest BCUT2D eigenvalue weighted by molar-refractivity contribution is 7.10. The Bertz CT molecular complexity index is 356. The van der Waals surface area contributed by atoms with E-state index in [2.05, 4.69) is 4.98 Å². The predicted molar refractivity (Wildman–Crippen MR) is 43.8 cm³/mol. The Labute approximate surface area is 80.5 Å². The van der Waals surface area contributed by atoms with Gasteiger partial charge in [0.2, 0.25) is 0 Å². The third kappa shape index (κ3) is 2.56. The van der Waals surface area contributed by atoms with Crippen LogP contribution in [0.4, 0.5) is 13.2 Å². The van der Waals surface area contributed by atoms with Gasteiger partial charge in [-0.25, -0.2) is 4.98 Å². The second-order valence-corrected chi connectivity index (χ2v) is 3.12. The summed E-state index contributed by atoms with van der Waals surface area (Å²) in [7, 11) is 0. The quantitative estimate of drug-likeness (QED) is 0.617. The van der Waals surface area contributed by atoms with Gasteiger partial charge < -0.3 is 5.11 Å². The largest absolute Gasteiger partial charge is 0.505 e. The Hall–Kier alpha value is -1.37. The molecule has 0 unspecified atom stereocenters. The SMILES string of the molecule is O=C(C=C(O)c1nccs1)C(F)(F)F. The summed E-state index contributed by atoms with van der Waals surface area (Å²) in [4.78, 5) is 13.9. The fourth-order valence-corrected chi connectivity index (χ4v) is 1.17. The lowest BCUT2D eigenvalue weighted by Gasteiger charge is -2.00. The highest BCUT2D eigenvalue weighted by Gasteiger charge is 2.37. The van der Waals surface area contributed by atoms with Gasteiger partial charge in [-0.1, -0.05) is 0 Å². The molecule has 1 aromatic rings. The monoisotopic (exact) mass is 223 g/mol. The zero-order chi connectivity index (χ0) is 10.8. The highest BCUT2D eigenvalue weighted by atomic mass is 32.1. The van der Waals surface area contributed by atoms with Gasteiger partial charge in [0, 0.05) is 17.7 Å². The minimum Gasteiger partial charge on any atom is -0.505 e. The van der Waals surface area contributed by atoms with Crippen LogP contribution in [0.2, 0.25) is 0 Å². The van der Waals surface area contributed by atoms with Crippen molar-refractivity contribution < 1.29 is 23.1 Å². The number of ketones is 1. The summed E-state index contributed by atoms with van der Waals surface area (Å²) in [5.74, 6) is -2.88. The molecule has 0 radical (unpaired) electrons. The molecule has 7 heteroatoms. The summed E-state index contributed by atoms with van der Waals surface area (Å²) in [5.41, 5.74) is 0. The fourth-order valence-electron chi connectivity index (χ4n) is 0.618. The van der Waals surface area contributed by atoms with E-state index in [1.54, 1.807) is 0 Å². The second-order valence-electron chi connectivity index (χ2n) is 2.23. The van der Waals surface area contributed by atoms with Crippen LogP contribution in [0.25, 0.3) is 5.76 Å². The number of aliphatic hydroxyl groups excluding tert-OH is 1. The molecule has 0 aromatic carbocycles. The van der Waals surface area contributed by atoms with Crippen LogP contribution >= 0.6 is 11.3 Å². The molecule has 3 nitrogen and oxygen atoms in total. The lowest BCUT2D eigenvalue weighted by molar-refractivity contribution is -0.165. The third-order valence-corrected chi connectivity index (χ3v) is 1.99. The molecule has 0 aliphatic heterocycles. The predicted octanol–water partition coefficient (Wildman–Crippen LogP) is 2.17. The van der Waals surface area contributed by atoms with E-state index in [1.165, 1.54) is 11.6 Å². The standard InChI is InChI=1S/C7H4F3NO2S/c8-7(9,10)5(13)3-4(12)6-11-1-2-14-6/h1-3,12H. The first-order valence-corrected chi connectivity index (χ1v) is 4.21. The molecule has 14 heavy (non-hydrogen) atoms. The topological polar surface area (TPSA) is 50.2 Å². The first-order chi connectivity index (χ1) is 6.41. The van der Waals surface area contributed by atoms with Crippen molar-refractivity contribution in [2.75, 3.05) is 0 Å². The van der Waals surface area contributed by atoms with Gasteiger partial charge in [0.25, 0.3) is 5.78 Å². The molecule has 1 rings (SSSR count). The first-order valence-electron chi connectivity index (χ1n) is 3.33. The Kier molecular flexibility index (Phi) is 2.90. The highest BCUT2D eigenvalue weighted by Crippen LogP contribution is 2.20. The van der Waals surface area contributed by atoms with Crippen LogP contribution in [0.3, 0.4) is 0 Å². The number of thiazole rings is 1. The molecule has 1 heterocycles. The maximum Gasteiger partial charge on any atom is 0.454 e. The summed E-state index contributed by atoms with van der Waals surface area (Å²) in [6.07, 6.45) is -3.55. The number of aliphatic hydroxyl groups is 1. The lowest BCUT2D eigenvalue weighted by atomic mass is 10.3. The van der Waals surface area contributed by atoms with Crippen LogP contribution < -0.4 is 0 Å². The number of nitrogens with zero attached hydrogens (tertiary/aromatic N) is 1. The van der Waals surface area contributed by atoms with Gasteiger partial charge in [0.1, 0.15) is 0 Å². The van der Waals surface area contributed by atoms with Crippen molar-refractivity contribution in [2.45, 2.75) is 6.18 Å². The molecule has 1 aromatic heterocycles. The van der Waals surface area contributed by atoms with Crippen LogP contribution in [-0.2, 0) is 4.79 Å². The van der Waals surface area contributed by atoms with Gasteiger partial charge in [-0.3, -0.25) is 4.79 Å². The van der Waals surface area contributed by atoms with E-state index in [0.717, 1.165) is 11.3 Å². The van der Waals surface area contributed by atoms with Gasteiger partial charge in [-0.05, 0) is 0 Å². The molecule has 0 atom stereocenters. The third-order valence-electron chi connectivity index (χ3n) is 1.20. The van der Waals surface area contributed by atoms with Gasteiger partial charge in [0.15, 0.2) is 10.8 Å². The molecule has 0 saturated heterocycles. The van der Waals surface area contributed by atoms with E-state index < -0.39 is 17.7 Å². The maximum atomic E-state index is 11.7. The van der Waals surface area contributed by atoms with Crippen LogP contribution in [0, 0.1) is 0 Å². The number of carbonyl (C=O) groups is 1. The molecule has 0 spiro atoms. The van der Waals surface area contributed by atoms with E-state index in [0.29, 0.717) is 0 Å². The van der Waals surface area contributed by atoms with Crippen molar-refractivity contribution in [1.29, 1.82) is 0 Å². The number of hydrogen-bond donors (Lipinski definition) is 1. The zero-order valence-corrected chi connectivity index (χ0v) is 7.39. The minimum atomic E-state index is -4.97. The van der Waals surface area contributed by atoms with E-state index >= 15 is 0 Å². The van der Waals surface area contributed by atoms with Crippen molar-refractivity contribution in [3.05, 3.63) is 22.7 Å². The van der Waals surface area contributed by atoms with Gasteiger partial charge in [0.05, 0.1) is 0 Å². The first kappa shape index (κ1) is 10.7. The van der Waals surface area contributed by atoms with E-state index in [1.807, 2.05) is 0 Å². The van der Waals surface area contributed by atoms with Crippen molar-refractivity contribution >= 4 is 22.9 Å². The maximum absolute atomic E-state index is 11.7. The summed E-state index contributed by atoms with van der Waals surface area (Å²) < 4.78 is 35.2. The number of rotatable bonds is 2. The fraction of sp³-hybridized carbons (Fsp3) is 0.143. The summed E-state index contributed by atoms with van der Waals surface area (Å²) in [5, 5.41) is 10.5. The Balaban J connectivity index is 2.85. The number of halogens is 3. The van der Waals surface area contributed by atoms with E-state index in [4.69, 9.17) is 5.11 Å². The van der Waals surface area contributed by atoms with Crippen molar-refractivity contribution in [3.8, 4) is 0 Å². The smallest absolute Gasteiger partial charge is 0.454 e. The van der Waals surface area contributed by atoms with E-state index in [9.17, 15) is 18.0 Å². The van der Waals surface area contributed by atoms with Crippen LogP contribution in [0.5, 0.6) is 0 Å². The van der Waals surface area contributed by atoms with Crippen molar-refractivity contribution in [2.24, 2.45) is 0 Å². The molecule has 0 aliphatic carbocycles. The van der Waals surface area contributed by atoms with Gasteiger partial charge >= 0.3 is 6.18 Å². The Morgan fingerprint density at radius 2 is 2.21 bits per heavy atom. The van der Waals surface area contributed by atoms with Gasteiger partial charge in [-0.15, -0.1) is 11.3 Å². The van der Waals surface area contributed by atoms with Crippen molar-refractivity contribution in [1.82, 2.24) is 4.98 Å². The second kappa shape index (κ2) is 3.79. The van der Waals surface area contributed by atoms with Gasteiger partial charge in [-0.2, -0.15) is 13.2 Å². The number of hydrogen-bond acceptors (Lipinski definition) is 4. The van der Waals surface area contributed by atoms with Crippen LogP contribution in [0.15, 0.2) is 17.7 Å². The zero-order valence-electron chi connectivity index (χ0n) is 6.58. The Morgan fingerprint density at radius 3 is 2.64 bits per heavy atom. The molecular weight excluding hydrogens is 219 g/mol. The minimum absolute atomic E-state index is 0.0254. The molecule has 1 N–H and O–H groups in total. The normalized spacial score (nSPS) is 12.9. The molecule has 0 amide bonds. The average Bonchev–Trinajstić information content (AvgIpc) is 2.53. The number of carbonyl (C=O) groups excluding carboxylic acids is 1. The molecule has 76 valence electrons. The number of aromatic nitrogens is 1. The van der Waals surface area contributed by atoms with Crippen LogP contribution in [-0.4, -0.2) is 22.1 Å². The molecule has 0 saturated carbocycles. The summed E-state index contributed by atoms with van der Waals surface area (Å²) in [6, 6.07) is 0. The average molecular weight is 223 g/mol. The van der Waals surface area contributed by atoms with E-state index in [-0.39, 0.29) is 11.1 Å². The number of allylic oxidation sites excluding steroid dienone is 1. The van der Waals surface area contributed by atoms with Crippen LogP contribution in [0.1, 0.15) is 5.01 Å². The summed E-state index contributed by atoms with van der Waals surface area (Å²) >= 11 is 0.935. The molecule has 0 bridgehead atoms. The number of alkyl halides is 3. The molecular formula is C7H4F3NO2S. The summed E-state index contributed by atoms with van der Waals surface area (Å²) in [6.45, 7) is 0.